The van der Waals surface area contributed by atoms with Gasteiger partial charge in [-0.15, -0.1) is 0 Å². The molecule has 1 aliphatic carbocycles. The number of aryl methyl sites for hydroxylation is 1. The molecular weight excluding hydrogens is 236 g/mol. The first-order valence-electron chi connectivity index (χ1n) is 7.74. The van der Waals surface area contributed by atoms with Gasteiger partial charge in [-0.2, -0.15) is 0 Å². The van der Waals surface area contributed by atoms with Crippen LogP contribution in [0.15, 0.2) is 6.20 Å². The minimum atomic E-state index is 0.683. The highest BCUT2D eigenvalue weighted by molar-refractivity contribution is 5.30. The third-order valence-corrected chi connectivity index (χ3v) is 4.17. The Morgan fingerprint density at radius 1 is 1.37 bits per heavy atom. The molecule has 1 N–H and O–H groups in total. The second kappa shape index (κ2) is 5.53. The predicted octanol–water partition coefficient (Wildman–Crippen LogP) is 2.67. The molecule has 0 spiro atoms. The van der Waals surface area contributed by atoms with Crippen LogP contribution in [0.4, 0.5) is 5.95 Å². The van der Waals surface area contributed by atoms with Crippen LogP contribution in [-0.2, 0) is 0 Å². The van der Waals surface area contributed by atoms with E-state index in [1.807, 2.05) is 0 Å². The van der Waals surface area contributed by atoms with E-state index in [1.165, 1.54) is 45.3 Å². The molecule has 1 aromatic rings. The summed E-state index contributed by atoms with van der Waals surface area (Å²) in [5.41, 5.74) is 1.13. The van der Waals surface area contributed by atoms with Crippen LogP contribution >= 0.6 is 0 Å². The molecule has 0 radical (unpaired) electrons. The molecule has 1 saturated carbocycles. The number of aromatic nitrogens is 2. The molecule has 1 atom stereocenters. The summed E-state index contributed by atoms with van der Waals surface area (Å²) in [6.07, 6.45) is 7.57. The minimum absolute atomic E-state index is 0.683. The lowest BCUT2D eigenvalue weighted by Gasteiger charge is -2.20. The van der Waals surface area contributed by atoms with E-state index in [0.717, 1.165) is 18.2 Å². The number of imidazole rings is 1. The van der Waals surface area contributed by atoms with E-state index in [4.69, 9.17) is 0 Å². The first-order chi connectivity index (χ1) is 9.22. The second-order valence-corrected chi connectivity index (χ2v) is 6.34. The quantitative estimate of drug-likeness (QED) is 0.855. The summed E-state index contributed by atoms with van der Waals surface area (Å²) >= 11 is 0. The topological polar surface area (TPSA) is 33.1 Å². The van der Waals surface area contributed by atoms with Crippen LogP contribution in [0.25, 0.3) is 0 Å². The van der Waals surface area contributed by atoms with Crippen molar-refractivity contribution in [2.75, 3.05) is 31.5 Å². The van der Waals surface area contributed by atoms with Crippen molar-refractivity contribution >= 4 is 5.95 Å². The molecule has 1 saturated heterocycles. The molecule has 2 heterocycles. The highest BCUT2D eigenvalue weighted by atomic mass is 15.2. The van der Waals surface area contributed by atoms with Crippen LogP contribution in [0.5, 0.6) is 0 Å². The lowest BCUT2D eigenvalue weighted by atomic mass is 10.1. The molecule has 0 aromatic carbocycles. The maximum atomic E-state index is 4.61. The van der Waals surface area contributed by atoms with Gasteiger partial charge in [0.15, 0.2) is 0 Å². The van der Waals surface area contributed by atoms with E-state index >= 15 is 0 Å². The zero-order valence-corrected chi connectivity index (χ0v) is 12.2. The van der Waals surface area contributed by atoms with E-state index in [1.54, 1.807) is 0 Å². The molecule has 4 nitrogen and oxygen atoms in total. The molecule has 3 rings (SSSR count). The standard InChI is InChI=1S/C15H26N4/c1-12(10-18-7-3-4-8-18)9-16-15-17-13(2)11-19(15)14-5-6-14/h11-12,14H,3-10H2,1-2H3,(H,16,17). The lowest BCUT2D eigenvalue weighted by Crippen LogP contribution is -2.29. The predicted molar refractivity (Wildman–Crippen MR) is 78.6 cm³/mol. The zero-order chi connectivity index (χ0) is 13.2. The molecule has 106 valence electrons. The normalized spacial score (nSPS) is 21.8. The number of rotatable bonds is 6. The van der Waals surface area contributed by atoms with E-state index in [0.29, 0.717) is 12.0 Å². The van der Waals surface area contributed by atoms with E-state index in [2.05, 4.69) is 39.8 Å². The number of anilines is 1. The molecule has 1 aromatic heterocycles. The van der Waals surface area contributed by atoms with Crippen molar-refractivity contribution in [3.05, 3.63) is 11.9 Å². The van der Waals surface area contributed by atoms with Crippen LogP contribution in [0, 0.1) is 12.8 Å². The monoisotopic (exact) mass is 262 g/mol. The summed E-state index contributed by atoms with van der Waals surface area (Å²) < 4.78 is 2.33. The minimum Gasteiger partial charge on any atom is -0.355 e. The Labute approximate surface area is 116 Å². The molecule has 19 heavy (non-hydrogen) atoms. The second-order valence-electron chi connectivity index (χ2n) is 6.34. The van der Waals surface area contributed by atoms with Gasteiger partial charge in [0.05, 0.1) is 5.69 Å². The molecular formula is C15H26N4. The largest absolute Gasteiger partial charge is 0.355 e. The fraction of sp³-hybridized carbons (Fsp3) is 0.800. The van der Waals surface area contributed by atoms with Crippen LogP contribution < -0.4 is 5.32 Å². The Balaban J connectivity index is 1.50. The number of nitrogens with one attached hydrogen (secondary N) is 1. The smallest absolute Gasteiger partial charge is 0.203 e. The summed E-state index contributed by atoms with van der Waals surface area (Å²) in [5, 5.41) is 3.55. The van der Waals surface area contributed by atoms with Gasteiger partial charge in [-0.25, -0.2) is 4.98 Å². The van der Waals surface area contributed by atoms with Gasteiger partial charge in [0.1, 0.15) is 0 Å². The molecule has 1 unspecified atom stereocenters. The number of hydrogen-bond acceptors (Lipinski definition) is 3. The van der Waals surface area contributed by atoms with Crippen LogP contribution in [0.1, 0.15) is 44.3 Å². The zero-order valence-electron chi connectivity index (χ0n) is 12.2. The molecule has 4 heteroatoms. The first-order valence-corrected chi connectivity index (χ1v) is 7.74. The Hall–Kier alpha value is -1.03. The first kappa shape index (κ1) is 13.0. The highest BCUT2D eigenvalue weighted by Crippen LogP contribution is 2.37. The van der Waals surface area contributed by atoms with Crippen molar-refractivity contribution in [3.8, 4) is 0 Å². The van der Waals surface area contributed by atoms with E-state index in [-0.39, 0.29) is 0 Å². The van der Waals surface area contributed by atoms with Gasteiger partial charge in [-0.3, -0.25) is 0 Å². The van der Waals surface area contributed by atoms with Gasteiger partial charge in [-0.1, -0.05) is 6.92 Å². The van der Waals surface area contributed by atoms with Crippen molar-refractivity contribution in [2.45, 2.75) is 45.6 Å². The SMILES string of the molecule is Cc1cn(C2CC2)c(NCC(C)CN2CCCC2)n1. The van der Waals surface area contributed by atoms with E-state index < -0.39 is 0 Å². The summed E-state index contributed by atoms with van der Waals surface area (Å²) in [6.45, 7) is 9.25. The summed E-state index contributed by atoms with van der Waals surface area (Å²) in [5.74, 6) is 1.76. The molecule has 2 fully saturated rings. The molecule has 2 aliphatic rings. The van der Waals surface area contributed by atoms with Gasteiger partial charge in [0.25, 0.3) is 0 Å². The summed E-state index contributed by atoms with van der Waals surface area (Å²) in [4.78, 5) is 7.20. The molecule has 1 aliphatic heterocycles. The Kier molecular flexibility index (Phi) is 3.78. The van der Waals surface area contributed by atoms with E-state index in [9.17, 15) is 0 Å². The van der Waals surface area contributed by atoms with Crippen molar-refractivity contribution in [2.24, 2.45) is 5.92 Å². The number of likely N-dealkylation sites (tertiary alicyclic amines) is 1. The van der Waals surface area contributed by atoms with Crippen LogP contribution in [0.2, 0.25) is 0 Å². The lowest BCUT2D eigenvalue weighted by molar-refractivity contribution is 0.294. The van der Waals surface area contributed by atoms with Crippen LogP contribution in [-0.4, -0.2) is 40.6 Å². The van der Waals surface area contributed by atoms with Gasteiger partial charge in [0, 0.05) is 25.3 Å². The fourth-order valence-corrected chi connectivity index (χ4v) is 3.01. The summed E-state index contributed by atoms with van der Waals surface area (Å²) in [6, 6.07) is 0.706. The molecule has 0 amide bonds. The fourth-order valence-electron chi connectivity index (χ4n) is 3.01. The van der Waals surface area contributed by atoms with Crippen molar-refractivity contribution in [1.29, 1.82) is 0 Å². The average Bonchev–Trinajstić information content (AvgIpc) is 2.97. The number of nitrogens with zero attached hydrogens (tertiary/aromatic N) is 3. The van der Waals surface area contributed by atoms with Crippen molar-refractivity contribution < 1.29 is 0 Å². The van der Waals surface area contributed by atoms with Gasteiger partial charge >= 0.3 is 0 Å². The maximum absolute atomic E-state index is 4.61. The Morgan fingerprint density at radius 3 is 2.79 bits per heavy atom. The van der Waals surface area contributed by atoms with Gasteiger partial charge in [-0.05, 0) is 51.6 Å². The molecule has 0 bridgehead atoms. The van der Waals surface area contributed by atoms with Gasteiger partial charge in [0.2, 0.25) is 5.95 Å². The summed E-state index contributed by atoms with van der Waals surface area (Å²) in [7, 11) is 0. The highest BCUT2D eigenvalue weighted by Gasteiger charge is 2.26. The van der Waals surface area contributed by atoms with Gasteiger partial charge < -0.3 is 14.8 Å². The third kappa shape index (κ3) is 3.30. The van der Waals surface area contributed by atoms with Crippen molar-refractivity contribution in [1.82, 2.24) is 14.5 Å². The Morgan fingerprint density at radius 2 is 2.11 bits per heavy atom. The van der Waals surface area contributed by atoms with Crippen molar-refractivity contribution in [3.63, 3.8) is 0 Å². The van der Waals surface area contributed by atoms with Crippen LogP contribution in [0.3, 0.4) is 0 Å². The maximum Gasteiger partial charge on any atom is 0.203 e. The number of hydrogen-bond donors (Lipinski definition) is 1. The average molecular weight is 262 g/mol. The third-order valence-electron chi connectivity index (χ3n) is 4.17. The Bertz CT molecular complexity index is 416.